The lowest BCUT2D eigenvalue weighted by Crippen LogP contribution is -2.27. The number of benzene rings is 1. The highest BCUT2D eigenvalue weighted by molar-refractivity contribution is 5.92. The zero-order valence-electron chi connectivity index (χ0n) is 17.1. The van der Waals surface area contributed by atoms with Gasteiger partial charge in [-0.1, -0.05) is 17.7 Å². The molecule has 0 aliphatic heterocycles. The van der Waals surface area contributed by atoms with Gasteiger partial charge < -0.3 is 9.47 Å². The van der Waals surface area contributed by atoms with Crippen molar-refractivity contribution in [3.05, 3.63) is 47.3 Å². The Morgan fingerprint density at radius 1 is 0.963 bits per heavy atom. The normalized spacial score (nSPS) is 12.0. The van der Waals surface area contributed by atoms with Crippen LogP contribution in [0.1, 0.15) is 63.2 Å². The van der Waals surface area contributed by atoms with Gasteiger partial charge in [0.2, 0.25) is 0 Å². The maximum atomic E-state index is 12.6. The predicted octanol–water partition coefficient (Wildman–Crippen LogP) is 4.02. The van der Waals surface area contributed by atoms with Crippen molar-refractivity contribution in [1.82, 2.24) is 9.78 Å². The van der Waals surface area contributed by atoms with Gasteiger partial charge in [-0.25, -0.2) is 9.48 Å². The molecule has 1 aromatic heterocycles. The van der Waals surface area contributed by atoms with Crippen LogP contribution in [0.5, 0.6) is 0 Å². The minimum absolute atomic E-state index is 0.0836. The Balaban J connectivity index is 2.44. The summed E-state index contributed by atoms with van der Waals surface area (Å²) in [6.45, 7) is 12.8. The van der Waals surface area contributed by atoms with Crippen LogP contribution in [0.4, 0.5) is 0 Å². The molecule has 0 bridgehead atoms. The van der Waals surface area contributed by atoms with Crippen molar-refractivity contribution in [1.29, 1.82) is 0 Å². The Labute approximate surface area is 160 Å². The molecule has 0 N–H and O–H groups in total. The summed E-state index contributed by atoms with van der Waals surface area (Å²) in [5, 5.41) is 4.32. The van der Waals surface area contributed by atoms with Crippen molar-refractivity contribution >= 4 is 11.9 Å². The predicted molar refractivity (Wildman–Crippen MR) is 103 cm³/mol. The first kappa shape index (κ1) is 20.7. The van der Waals surface area contributed by atoms with E-state index in [2.05, 4.69) is 5.10 Å². The second kappa shape index (κ2) is 7.55. The van der Waals surface area contributed by atoms with Gasteiger partial charge in [-0.3, -0.25) is 4.79 Å². The molecule has 0 fully saturated rings. The number of carbonyl (C=O) groups excluding carboxylic acids is 2. The number of nitrogens with zero attached hydrogens (tertiary/aromatic N) is 2. The molecule has 0 aliphatic carbocycles. The number of rotatable bonds is 4. The van der Waals surface area contributed by atoms with Crippen molar-refractivity contribution in [2.75, 3.05) is 0 Å². The molecular formula is C21H28N2O4. The maximum absolute atomic E-state index is 12.6. The van der Waals surface area contributed by atoms with E-state index in [0.717, 1.165) is 11.3 Å². The second-order valence-corrected chi connectivity index (χ2v) is 8.52. The fraction of sp³-hybridized carbons (Fsp3) is 0.476. The summed E-state index contributed by atoms with van der Waals surface area (Å²) in [4.78, 5) is 25.0. The summed E-state index contributed by atoms with van der Waals surface area (Å²) in [6, 6.07) is 7.67. The average Bonchev–Trinajstić information content (AvgIpc) is 2.88. The molecule has 0 aliphatic rings. The van der Waals surface area contributed by atoms with Crippen molar-refractivity contribution < 1.29 is 19.1 Å². The summed E-state index contributed by atoms with van der Waals surface area (Å²) in [5.74, 6) is -0.944. The summed E-state index contributed by atoms with van der Waals surface area (Å²) in [5.41, 5.74) is 1.31. The largest absolute Gasteiger partial charge is 0.460 e. The van der Waals surface area contributed by atoms with Gasteiger partial charge in [0.25, 0.3) is 0 Å². The number of aromatic nitrogens is 2. The van der Waals surface area contributed by atoms with Gasteiger partial charge in [0.15, 0.2) is 0 Å². The molecule has 1 heterocycles. The molecule has 0 atom stereocenters. The molecular weight excluding hydrogens is 344 g/mol. The topological polar surface area (TPSA) is 70.4 Å². The van der Waals surface area contributed by atoms with E-state index >= 15 is 0 Å². The van der Waals surface area contributed by atoms with E-state index in [1.165, 1.54) is 6.20 Å². The van der Waals surface area contributed by atoms with Gasteiger partial charge in [-0.2, -0.15) is 5.10 Å². The standard InChI is InChI=1S/C21H28N2O4/c1-14-8-10-15(11-9-14)23-17(12-18(24)26-20(2,3)4)16(13-22-23)19(25)27-21(5,6)7/h8-11,13H,12H2,1-7H3. The van der Waals surface area contributed by atoms with E-state index in [1.54, 1.807) is 46.2 Å². The van der Waals surface area contributed by atoms with Crippen LogP contribution in [-0.4, -0.2) is 32.9 Å². The lowest BCUT2D eigenvalue weighted by molar-refractivity contribution is -0.154. The van der Waals surface area contributed by atoms with Crippen LogP contribution in [0.3, 0.4) is 0 Å². The van der Waals surface area contributed by atoms with Gasteiger partial charge >= 0.3 is 11.9 Å². The Hall–Kier alpha value is -2.63. The lowest BCUT2D eigenvalue weighted by atomic mass is 10.1. The third-order valence-corrected chi connectivity index (χ3v) is 3.50. The van der Waals surface area contributed by atoms with Crippen LogP contribution < -0.4 is 0 Å². The highest BCUT2D eigenvalue weighted by Crippen LogP contribution is 2.21. The molecule has 2 aromatic rings. The smallest absolute Gasteiger partial charge is 0.342 e. The van der Waals surface area contributed by atoms with Crippen molar-refractivity contribution in [3.8, 4) is 5.69 Å². The van der Waals surface area contributed by atoms with Gasteiger partial charge in [-0.15, -0.1) is 0 Å². The van der Waals surface area contributed by atoms with Crippen molar-refractivity contribution in [2.24, 2.45) is 0 Å². The van der Waals surface area contributed by atoms with Crippen LogP contribution in [0.15, 0.2) is 30.5 Å². The number of aryl methyl sites for hydroxylation is 1. The first-order valence-electron chi connectivity index (χ1n) is 8.95. The molecule has 0 spiro atoms. The zero-order valence-corrected chi connectivity index (χ0v) is 17.1. The molecule has 1 aromatic carbocycles. The molecule has 27 heavy (non-hydrogen) atoms. The summed E-state index contributed by atoms with van der Waals surface area (Å²) in [6.07, 6.45) is 1.35. The lowest BCUT2D eigenvalue weighted by Gasteiger charge is -2.21. The van der Waals surface area contributed by atoms with Crippen molar-refractivity contribution in [2.45, 2.75) is 66.1 Å². The number of carbonyl (C=O) groups is 2. The van der Waals surface area contributed by atoms with Crippen LogP contribution in [0, 0.1) is 6.92 Å². The molecule has 0 amide bonds. The molecule has 146 valence electrons. The van der Waals surface area contributed by atoms with Gasteiger partial charge in [0.1, 0.15) is 16.8 Å². The Kier molecular flexibility index (Phi) is 5.78. The fourth-order valence-corrected chi connectivity index (χ4v) is 2.47. The summed E-state index contributed by atoms with van der Waals surface area (Å²) >= 11 is 0. The highest BCUT2D eigenvalue weighted by atomic mass is 16.6. The third kappa shape index (κ3) is 5.94. The van der Waals surface area contributed by atoms with E-state index < -0.39 is 23.1 Å². The summed E-state index contributed by atoms with van der Waals surface area (Å²) in [7, 11) is 0. The van der Waals surface area contributed by atoms with Gasteiger partial charge in [0, 0.05) is 0 Å². The quantitative estimate of drug-likeness (QED) is 0.758. The Bertz CT molecular complexity index is 821. The van der Waals surface area contributed by atoms with Crippen molar-refractivity contribution in [3.63, 3.8) is 0 Å². The molecule has 6 nitrogen and oxygen atoms in total. The molecule has 0 saturated heterocycles. The maximum Gasteiger partial charge on any atom is 0.342 e. The average molecular weight is 372 g/mol. The molecule has 0 unspecified atom stereocenters. The second-order valence-electron chi connectivity index (χ2n) is 8.52. The van der Waals surface area contributed by atoms with E-state index in [9.17, 15) is 9.59 Å². The van der Waals surface area contributed by atoms with Crippen LogP contribution >= 0.6 is 0 Å². The number of ether oxygens (including phenoxy) is 2. The van der Waals surface area contributed by atoms with Gasteiger partial charge in [-0.05, 0) is 60.6 Å². The molecule has 0 radical (unpaired) electrons. The summed E-state index contributed by atoms with van der Waals surface area (Å²) < 4.78 is 12.5. The van der Waals surface area contributed by atoms with Crippen LogP contribution in [0.2, 0.25) is 0 Å². The first-order chi connectivity index (χ1) is 12.4. The van der Waals surface area contributed by atoms with E-state index in [1.807, 2.05) is 31.2 Å². The van der Waals surface area contributed by atoms with E-state index in [0.29, 0.717) is 5.69 Å². The minimum Gasteiger partial charge on any atom is -0.460 e. The van der Waals surface area contributed by atoms with Crippen LogP contribution in [0.25, 0.3) is 5.69 Å². The third-order valence-electron chi connectivity index (χ3n) is 3.50. The van der Waals surface area contributed by atoms with Crippen LogP contribution in [-0.2, 0) is 20.7 Å². The molecule has 0 saturated carbocycles. The number of hydrogen-bond donors (Lipinski definition) is 0. The molecule has 6 heteroatoms. The van der Waals surface area contributed by atoms with E-state index in [-0.39, 0.29) is 12.0 Å². The molecule has 2 rings (SSSR count). The highest BCUT2D eigenvalue weighted by Gasteiger charge is 2.27. The zero-order chi connectivity index (χ0) is 20.4. The first-order valence-corrected chi connectivity index (χ1v) is 8.95. The van der Waals surface area contributed by atoms with Gasteiger partial charge in [0.05, 0.1) is 24.0 Å². The fourth-order valence-electron chi connectivity index (χ4n) is 2.47. The number of hydrogen-bond acceptors (Lipinski definition) is 5. The van der Waals surface area contributed by atoms with E-state index in [4.69, 9.17) is 9.47 Å². The number of esters is 2. The Morgan fingerprint density at radius 3 is 2.04 bits per heavy atom. The minimum atomic E-state index is -0.647. The monoisotopic (exact) mass is 372 g/mol. The Morgan fingerprint density at radius 2 is 1.52 bits per heavy atom. The SMILES string of the molecule is Cc1ccc(-n2ncc(C(=O)OC(C)(C)C)c2CC(=O)OC(C)(C)C)cc1.